The van der Waals surface area contributed by atoms with Gasteiger partial charge in [-0.3, -0.25) is 0 Å². The van der Waals surface area contributed by atoms with Crippen molar-refractivity contribution < 1.29 is 14.3 Å². The fraction of sp³-hybridized carbons (Fsp3) is 0.500. The third kappa shape index (κ3) is 5.70. The highest BCUT2D eigenvalue weighted by Gasteiger charge is 2.12. The molecular formula is C14H21FN2O2. The van der Waals surface area contributed by atoms with Gasteiger partial charge in [0.2, 0.25) is 0 Å². The van der Waals surface area contributed by atoms with E-state index in [1.54, 1.807) is 18.2 Å². The summed E-state index contributed by atoms with van der Waals surface area (Å²) in [6.07, 6.45) is 0.948. The molecule has 0 saturated carbocycles. The van der Waals surface area contributed by atoms with Crippen LogP contribution in [0, 0.1) is 5.82 Å². The first kappa shape index (κ1) is 15.4. The zero-order valence-corrected chi connectivity index (χ0v) is 11.3. The van der Waals surface area contributed by atoms with E-state index in [1.807, 2.05) is 13.8 Å². The van der Waals surface area contributed by atoms with E-state index in [-0.39, 0.29) is 30.5 Å². The van der Waals surface area contributed by atoms with Gasteiger partial charge in [0.05, 0.1) is 0 Å². The van der Waals surface area contributed by atoms with Gasteiger partial charge in [0.1, 0.15) is 5.82 Å². The second-order valence-corrected chi connectivity index (χ2v) is 4.73. The van der Waals surface area contributed by atoms with Gasteiger partial charge < -0.3 is 15.7 Å². The lowest BCUT2D eigenvalue weighted by Crippen LogP contribution is -2.45. The molecule has 4 nitrogen and oxygen atoms in total. The second-order valence-electron chi connectivity index (χ2n) is 4.73. The Kier molecular flexibility index (Phi) is 6.29. The fourth-order valence-electron chi connectivity index (χ4n) is 1.80. The molecule has 106 valence electrons. The maximum Gasteiger partial charge on any atom is 0.315 e. The van der Waals surface area contributed by atoms with Gasteiger partial charge in [-0.1, -0.05) is 18.2 Å². The minimum Gasteiger partial charge on any atom is -0.396 e. The number of carbonyl (C=O) groups is 1. The molecule has 0 aromatic heterocycles. The molecule has 0 heterocycles. The molecule has 1 aromatic rings. The van der Waals surface area contributed by atoms with E-state index >= 15 is 0 Å². The number of urea groups is 1. The number of aliphatic hydroxyl groups is 1. The van der Waals surface area contributed by atoms with E-state index in [2.05, 4.69) is 10.6 Å². The number of hydrogen-bond acceptors (Lipinski definition) is 2. The molecule has 2 amide bonds. The molecule has 3 N–H and O–H groups in total. The number of aliphatic hydroxyl groups excluding tert-OH is 1. The van der Waals surface area contributed by atoms with Crippen molar-refractivity contribution in [3.8, 4) is 0 Å². The molecule has 0 aliphatic carbocycles. The molecule has 0 bridgehead atoms. The van der Waals surface area contributed by atoms with E-state index in [0.29, 0.717) is 18.4 Å². The van der Waals surface area contributed by atoms with E-state index in [1.165, 1.54) is 6.07 Å². The van der Waals surface area contributed by atoms with Gasteiger partial charge in [0.15, 0.2) is 0 Å². The maximum absolute atomic E-state index is 13.4. The molecule has 19 heavy (non-hydrogen) atoms. The number of rotatable bonds is 6. The molecule has 1 rings (SSSR count). The molecule has 1 unspecified atom stereocenters. The molecule has 0 aliphatic heterocycles. The highest BCUT2D eigenvalue weighted by atomic mass is 19.1. The average Bonchev–Trinajstić information content (AvgIpc) is 2.31. The lowest BCUT2D eigenvalue weighted by molar-refractivity contribution is 0.228. The predicted molar refractivity (Wildman–Crippen MR) is 72.4 cm³/mol. The van der Waals surface area contributed by atoms with Crippen LogP contribution in [0.15, 0.2) is 24.3 Å². The first-order valence-electron chi connectivity index (χ1n) is 6.44. The second kappa shape index (κ2) is 7.74. The van der Waals surface area contributed by atoms with Crippen LogP contribution in [0.4, 0.5) is 9.18 Å². The number of hydrogen-bond donors (Lipinski definition) is 3. The first-order valence-corrected chi connectivity index (χ1v) is 6.44. The summed E-state index contributed by atoms with van der Waals surface area (Å²) in [6.45, 7) is 3.67. The Labute approximate surface area is 113 Å². The van der Waals surface area contributed by atoms with E-state index < -0.39 is 0 Å². The van der Waals surface area contributed by atoms with Crippen molar-refractivity contribution in [2.75, 3.05) is 6.61 Å². The monoisotopic (exact) mass is 268 g/mol. The third-order valence-corrected chi connectivity index (χ3v) is 2.80. The lowest BCUT2D eigenvalue weighted by atomic mass is 10.1. The summed E-state index contributed by atoms with van der Waals surface area (Å²) in [5.74, 6) is -0.259. The number of halogens is 1. The van der Waals surface area contributed by atoms with Gasteiger partial charge in [-0.2, -0.15) is 0 Å². The van der Waals surface area contributed by atoms with Crippen LogP contribution >= 0.6 is 0 Å². The van der Waals surface area contributed by atoms with Gasteiger partial charge in [-0.25, -0.2) is 9.18 Å². The van der Waals surface area contributed by atoms with Crippen LogP contribution in [0.5, 0.6) is 0 Å². The highest BCUT2D eigenvalue weighted by molar-refractivity contribution is 5.74. The van der Waals surface area contributed by atoms with Crippen LogP contribution in [0.1, 0.15) is 25.8 Å². The Morgan fingerprint density at radius 1 is 1.26 bits per heavy atom. The van der Waals surface area contributed by atoms with Crippen LogP contribution in [0.2, 0.25) is 0 Å². The van der Waals surface area contributed by atoms with Crippen LogP contribution in [0.3, 0.4) is 0 Å². The summed E-state index contributed by atoms with van der Waals surface area (Å²) in [6, 6.07) is 5.97. The van der Waals surface area contributed by atoms with Crippen molar-refractivity contribution in [3.63, 3.8) is 0 Å². The topological polar surface area (TPSA) is 61.4 Å². The van der Waals surface area contributed by atoms with Crippen LogP contribution in [0.25, 0.3) is 0 Å². The Bertz CT molecular complexity index is 412. The molecule has 0 saturated heterocycles. The fourth-order valence-corrected chi connectivity index (χ4v) is 1.80. The number of benzene rings is 1. The summed E-state index contributed by atoms with van der Waals surface area (Å²) in [5, 5.41) is 14.2. The third-order valence-electron chi connectivity index (χ3n) is 2.80. The Morgan fingerprint density at radius 3 is 2.53 bits per heavy atom. The van der Waals surface area contributed by atoms with Crippen LogP contribution in [-0.4, -0.2) is 29.8 Å². The molecular weight excluding hydrogens is 247 g/mol. The Balaban J connectivity index is 2.41. The smallest absolute Gasteiger partial charge is 0.315 e. The number of amides is 2. The molecule has 5 heteroatoms. The Morgan fingerprint density at radius 2 is 1.89 bits per heavy atom. The largest absolute Gasteiger partial charge is 0.396 e. The SMILES string of the molecule is CC(Cc1ccccc1F)NC(=O)N[C@H](C)CCO. The summed E-state index contributed by atoms with van der Waals surface area (Å²) in [7, 11) is 0. The molecule has 2 atom stereocenters. The molecule has 0 aliphatic rings. The molecule has 0 spiro atoms. The van der Waals surface area contributed by atoms with Crippen LogP contribution < -0.4 is 10.6 Å². The lowest BCUT2D eigenvalue weighted by Gasteiger charge is -2.18. The van der Waals surface area contributed by atoms with Crippen LogP contribution in [-0.2, 0) is 6.42 Å². The average molecular weight is 268 g/mol. The predicted octanol–water partition coefficient (Wildman–Crippen LogP) is 1.83. The zero-order chi connectivity index (χ0) is 14.3. The van der Waals surface area contributed by atoms with Crippen molar-refractivity contribution in [1.82, 2.24) is 10.6 Å². The van der Waals surface area contributed by atoms with Gasteiger partial charge in [0, 0.05) is 18.7 Å². The summed E-state index contributed by atoms with van der Waals surface area (Å²) in [4.78, 5) is 11.6. The zero-order valence-electron chi connectivity index (χ0n) is 11.3. The first-order chi connectivity index (χ1) is 9.02. The van der Waals surface area contributed by atoms with Crippen molar-refractivity contribution in [2.24, 2.45) is 0 Å². The van der Waals surface area contributed by atoms with Crippen molar-refractivity contribution in [3.05, 3.63) is 35.6 Å². The minimum absolute atomic E-state index is 0.0340. The summed E-state index contributed by atoms with van der Waals surface area (Å²) >= 11 is 0. The van der Waals surface area contributed by atoms with E-state index in [9.17, 15) is 9.18 Å². The van der Waals surface area contributed by atoms with E-state index in [4.69, 9.17) is 5.11 Å². The standard InChI is InChI=1S/C14H21FN2O2/c1-10(7-8-18)16-14(19)17-11(2)9-12-5-3-4-6-13(12)15/h3-6,10-11,18H,7-9H2,1-2H3,(H2,16,17,19)/t10-,11?/m1/s1. The van der Waals surface area contributed by atoms with Gasteiger partial charge in [0.25, 0.3) is 0 Å². The molecule has 0 fully saturated rings. The number of carbonyl (C=O) groups excluding carboxylic acids is 1. The highest BCUT2D eigenvalue weighted by Crippen LogP contribution is 2.08. The van der Waals surface area contributed by atoms with Gasteiger partial charge in [-0.05, 0) is 38.3 Å². The van der Waals surface area contributed by atoms with Crippen molar-refractivity contribution >= 4 is 6.03 Å². The number of nitrogens with one attached hydrogen (secondary N) is 2. The van der Waals surface area contributed by atoms with Gasteiger partial charge >= 0.3 is 6.03 Å². The molecule has 0 radical (unpaired) electrons. The van der Waals surface area contributed by atoms with Gasteiger partial charge in [-0.15, -0.1) is 0 Å². The summed E-state index contributed by atoms with van der Waals surface area (Å²) < 4.78 is 13.4. The van der Waals surface area contributed by atoms with E-state index in [0.717, 1.165) is 0 Å². The van der Waals surface area contributed by atoms with Crippen molar-refractivity contribution in [2.45, 2.75) is 38.8 Å². The molecule has 1 aromatic carbocycles. The summed E-state index contributed by atoms with van der Waals surface area (Å²) in [5.41, 5.74) is 0.582. The maximum atomic E-state index is 13.4. The Hall–Kier alpha value is -1.62. The minimum atomic E-state index is -0.301. The normalized spacial score (nSPS) is 13.7. The van der Waals surface area contributed by atoms with Crippen molar-refractivity contribution in [1.29, 1.82) is 0 Å². The quantitative estimate of drug-likeness (QED) is 0.737.